The number of hydrogen-bond donors (Lipinski definition) is 1. The summed E-state index contributed by atoms with van der Waals surface area (Å²) in [5, 5.41) is 4.50. The molecule has 1 fully saturated rings. The Hall–Kier alpha value is -2.75. The Balaban J connectivity index is 1.32. The number of nitrogens with zero attached hydrogens (tertiary/aromatic N) is 3. The van der Waals surface area contributed by atoms with E-state index in [1.54, 1.807) is 10.8 Å². The zero-order valence-corrected chi connectivity index (χ0v) is 21.2. The van der Waals surface area contributed by atoms with Gasteiger partial charge >= 0.3 is 0 Å². The van der Waals surface area contributed by atoms with Gasteiger partial charge in [0, 0.05) is 24.2 Å². The van der Waals surface area contributed by atoms with Crippen molar-refractivity contribution in [2.24, 2.45) is 0 Å². The Morgan fingerprint density at radius 2 is 2.14 bits per heavy atom. The minimum atomic E-state index is -0.0902. The van der Waals surface area contributed by atoms with Crippen LogP contribution in [-0.4, -0.2) is 44.9 Å². The highest BCUT2D eigenvalue weighted by Crippen LogP contribution is 2.31. The maximum Gasteiger partial charge on any atom is 0.272 e. The first-order valence-electron chi connectivity index (χ1n) is 11.9. The van der Waals surface area contributed by atoms with Crippen LogP contribution in [0.5, 0.6) is 0 Å². The third-order valence-electron chi connectivity index (χ3n) is 6.18. The molecule has 1 aromatic carbocycles. The molecule has 3 aromatic heterocycles. The third kappa shape index (κ3) is 5.58. The molecule has 1 saturated heterocycles. The molecule has 1 aliphatic heterocycles. The molecule has 7 nitrogen and oxygen atoms in total. The van der Waals surface area contributed by atoms with Gasteiger partial charge in [0.1, 0.15) is 9.53 Å². The van der Waals surface area contributed by atoms with Crippen LogP contribution in [-0.2, 0) is 22.5 Å². The molecule has 2 atom stereocenters. The van der Waals surface area contributed by atoms with E-state index in [-0.39, 0.29) is 29.4 Å². The molecule has 0 bridgehead atoms. The SMILES string of the molecule is CC(CCc1ccccc1)NC(=O)CSc1nc2c(sc3ncccc32)c(=O)n1CC1CCCO1. The second-order valence-corrected chi connectivity index (χ2v) is 10.8. The summed E-state index contributed by atoms with van der Waals surface area (Å²) >= 11 is 2.67. The van der Waals surface area contributed by atoms with Crippen molar-refractivity contribution >= 4 is 49.4 Å². The molecule has 1 aliphatic rings. The highest BCUT2D eigenvalue weighted by molar-refractivity contribution is 7.99. The van der Waals surface area contributed by atoms with Gasteiger partial charge in [-0.3, -0.25) is 14.2 Å². The first-order chi connectivity index (χ1) is 17.1. The van der Waals surface area contributed by atoms with E-state index in [1.807, 2.05) is 37.3 Å². The van der Waals surface area contributed by atoms with Crippen molar-refractivity contribution in [3.05, 3.63) is 64.6 Å². The second kappa shape index (κ2) is 10.9. The number of ether oxygens (including phenoxy) is 1. The molecule has 9 heteroatoms. The highest BCUT2D eigenvalue weighted by atomic mass is 32.2. The van der Waals surface area contributed by atoms with Crippen LogP contribution in [0.2, 0.25) is 0 Å². The molecule has 35 heavy (non-hydrogen) atoms. The van der Waals surface area contributed by atoms with Crippen LogP contribution in [0.15, 0.2) is 58.6 Å². The summed E-state index contributed by atoms with van der Waals surface area (Å²) in [4.78, 5) is 36.3. The fourth-order valence-corrected chi connectivity index (χ4v) is 6.19. The Kier molecular flexibility index (Phi) is 7.46. The number of nitrogens with one attached hydrogen (secondary N) is 1. The maximum atomic E-state index is 13.5. The number of fused-ring (bicyclic) bond motifs is 3. The van der Waals surface area contributed by atoms with Crippen LogP contribution in [0.4, 0.5) is 0 Å². The maximum absolute atomic E-state index is 13.5. The number of hydrogen-bond acceptors (Lipinski definition) is 7. The van der Waals surface area contributed by atoms with Crippen LogP contribution in [0.25, 0.3) is 20.4 Å². The first kappa shape index (κ1) is 24.0. The Labute approximate surface area is 211 Å². The van der Waals surface area contributed by atoms with Crippen LogP contribution in [0.3, 0.4) is 0 Å². The summed E-state index contributed by atoms with van der Waals surface area (Å²) in [5.41, 5.74) is 1.83. The molecule has 0 saturated carbocycles. The molecule has 2 unspecified atom stereocenters. The van der Waals surface area contributed by atoms with Gasteiger partial charge in [-0.2, -0.15) is 0 Å². The number of aryl methyl sites for hydroxylation is 1. The summed E-state index contributed by atoms with van der Waals surface area (Å²) in [6.07, 6.45) is 5.40. The summed E-state index contributed by atoms with van der Waals surface area (Å²) in [7, 11) is 0. The summed E-state index contributed by atoms with van der Waals surface area (Å²) in [6, 6.07) is 14.1. The molecule has 0 radical (unpaired) electrons. The molecule has 182 valence electrons. The Morgan fingerprint density at radius 3 is 2.94 bits per heavy atom. The summed E-state index contributed by atoms with van der Waals surface area (Å²) < 4.78 is 8.08. The van der Waals surface area contributed by atoms with Crippen LogP contribution >= 0.6 is 23.1 Å². The Bertz CT molecular complexity index is 1380. The minimum absolute atomic E-state index is 0.00867. The van der Waals surface area contributed by atoms with E-state index >= 15 is 0 Å². The zero-order chi connectivity index (χ0) is 24.2. The van der Waals surface area contributed by atoms with Gasteiger partial charge in [0.2, 0.25) is 5.91 Å². The standard InChI is InChI=1S/C26H28N4O3S2/c1-17(11-12-18-7-3-2-4-8-18)28-21(31)16-34-26-29-22-20-10-5-13-27-24(20)35-23(22)25(32)30(26)15-19-9-6-14-33-19/h2-5,7-8,10,13,17,19H,6,9,11-12,14-16H2,1H3,(H,28,31). The molecule has 1 N–H and O–H groups in total. The topological polar surface area (TPSA) is 86.1 Å². The fraction of sp³-hybridized carbons (Fsp3) is 0.385. The Morgan fingerprint density at radius 1 is 1.29 bits per heavy atom. The number of benzene rings is 1. The number of carbonyl (C=O) groups excluding carboxylic acids is 1. The predicted molar refractivity (Wildman–Crippen MR) is 141 cm³/mol. The van der Waals surface area contributed by atoms with Crippen molar-refractivity contribution in [1.82, 2.24) is 19.9 Å². The van der Waals surface area contributed by atoms with Crippen molar-refractivity contribution in [2.75, 3.05) is 12.4 Å². The number of pyridine rings is 1. The molecule has 1 amide bonds. The van der Waals surface area contributed by atoms with Gasteiger partial charge in [-0.15, -0.1) is 11.3 Å². The monoisotopic (exact) mass is 508 g/mol. The number of aromatic nitrogens is 3. The molecule has 0 spiro atoms. The van der Waals surface area contributed by atoms with E-state index in [1.165, 1.54) is 28.7 Å². The summed E-state index contributed by atoms with van der Waals surface area (Å²) in [5.74, 6) is 0.129. The van der Waals surface area contributed by atoms with E-state index in [9.17, 15) is 9.59 Å². The third-order valence-corrected chi connectivity index (χ3v) is 8.24. The number of thiophene rings is 1. The molecular weight excluding hydrogens is 480 g/mol. The normalized spacial score (nSPS) is 16.7. The lowest BCUT2D eigenvalue weighted by Gasteiger charge is -2.16. The minimum Gasteiger partial charge on any atom is -0.376 e. The van der Waals surface area contributed by atoms with Gasteiger partial charge in [0.05, 0.1) is 23.9 Å². The lowest BCUT2D eigenvalue weighted by molar-refractivity contribution is -0.119. The molecule has 5 rings (SSSR count). The molecule has 4 aromatic rings. The van der Waals surface area contributed by atoms with Crippen molar-refractivity contribution < 1.29 is 9.53 Å². The van der Waals surface area contributed by atoms with Crippen LogP contribution in [0.1, 0.15) is 31.7 Å². The van der Waals surface area contributed by atoms with Gasteiger partial charge in [-0.1, -0.05) is 42.1 Å². The number of thioether (sulfide) groups is 1. The van der Waals surface area contributed by atoms with Gasteiger partial charge in [-0.05, 0) is 50.3 Å². The van der Waals surface area contributed by atoms with Crippen molar-refractivity contribution in [1.29, 1.82) is 0 Å². The van der Waals surface area contributed by atoms with Crippen LogP contribution in [0, 0.1) is 0 Å². The lowest BCUT2D eigenvalue weighted by atomic mass is 10.1. The van der Waals surface area contributed by atoms with E-state index in [4.69, 9.17) is 9.72 Å². The average molecular weight is 509 g/mol. The lowest BCUT2D eigenvalue weighted by Crippen LogP contribution is -2.34. The first-order valence-corrected chi connectivity index (χ1v) is 13.7. The second-order valence-electron chi connectivity index (χ2n) is 8.86. The van der Waals surface area contributed by atoms with E-state index < -0.39 is 0 Å². The average Bonchev–Trinajstić information content (AvgIpc) is 3.52. The summed E-state index contributed by atoms with van der Waals surface area (Å²) in [6.45, 7) is 3.18. The number of rotatable bonds is 9. The van der Waals surface area contributed by atoms with E-state index in [0.29, 0.717) is 28.5 Å². The van der Waals surface area contributed by atoms with Gasteiger partial charge in [0.15, 0.2) is 5.16 Å². The number of amides is 1. The van der Waals surface area contributed by atoms with Gasteiger partial charge in [-0.25, -0.2) is 9.97 Å². The highest BCUT2D eigenvalue weighted by Gasteiger charge is 2.22. The molecular formula is C26H28N4O3S2. The van der Waals surface area contributed by atoms with Crippen LogP contribution < -0.4 is 10.9 Å². The molecule has 0 aliphatic carbocycles. The van der Waals surface area contributed by atoms with Crippen molar-refractivity contribution in [3.8, 4) is 0 Å². The fourth-order valence-electron chi connectivity index (χ4n) is 4.35. The van der Waals surface area contributed by atoms with Gasteiger partial charge in [0.25, 0.3) is 5.56 Å². The number of carbonyl (C=O) groups is 1. The predicted octanol–water partition coefficient (Wildman–Crippen LogP) is 4.41. The van der Waals surface area contributed by atoms with Crippen molar-refractivity contribution in [3.63, 3.8) is 0 Å². The van der Waals surface area contributed by atoms with E-state index in [2.05, 4.69) is 22.4 Å². The van der Waals surface area contributed by atoms with Crippen molar-refractivity contribution in [2.45, 2.75) is 56.5 Å². The zero-order valence-electron chi connectivity index (χ0n) is 19.6. The van der Waals surface area contributed by atoms with E-state index in [0.717, 1.165) is 35.9 Å². The smallest absolute Gasteiger partial charge is 0.272 e. The molecule has 4 heterocycles. The van der Waals surface area contributed by atoms with Gasteiger partial charge < -0.3 is 10.1 Å². The largest absolute Gasteiger partial charge is 0.376 e. The quantitative estimate of drug-likeness (QED) is 0.266.